The molecule has 0 aliphatic carbocycles. The fourth-order valence-corrected chi connectivity index (χ4v) is 2.66. The van der Waals surface area contributed by atoms with Gasteiger partial charge in [-0.3, -0.25) is 0 Å². The topological polar surface area (TPSA) is 71.9 Å². The van der Waals surface area contributed by atoms with Gasteiger partial charge in [0.15, 0.2) is 0 Å². The zero-order chi connectivity index (χ0) is 17.1. The highest BCUT2D eigenvalue weighted by molar-refractivity contribution is 6.30. The van der Waals surface area contributed by atoms with Crippen molar-refractivity contribution in [1.82, 2.24) is 4.98 Å². The van der Waals surface area contributed by atoms with Crippen molar-refractivity contribution in [1.29, 1.82) is 5.26 Å². The van der Waals surface area contributed by atoms with Crippen molar-refractivity contribution in [3.8, 4) is 34.2 Å². The Bertz CT molecular complexity index is 930. The molecule has 0 fully saturated rings. The number of nitrogens with zero attached hydrogens (tertiary/aromatic N) is 2. The van der Waals surface area contributed by atoms with Gasteiger partial charge in [-0.05, 0) is 35.9 Å². The molecule has 1 aromatic heterocycles. The molecule has 24 heavy (non-hydrogen) atoms. The summed E-state index contributed by atoms with van der Waals surface area (Å²) in [6.45, 7) is 0. The summed E-state index contributed by atoms with van der Waals surface area (Å²) in [5, 5.41) is 10.1. The van der Waals surface area contributed by atoms with Crippen LogP contribution in [0.15, 0.2) is 54.6 Å². The highest BCUT2D eigenvalue weighted by atomic mass is 35.5. The number of nitriles is 1. The van der Waals surface area contributed by atoms with Crippen LogP contribution in [-0.4, -0.2) is 12.1 Å². The Morgan fingerprint density at radius 2 is 1.79 bits per heavy atom. The lowest BCUT2D eigenvalue weighted by Crippen LogP contribution is -2.00. The van der Waals surface area contributed by atoms with Gasteiger partial charge in [0.05, 0.1) is 12.8 Å². The summed E-state index contributed by atoms with van der Waals surface area (Å²) in [5.74, 6) is 0.877. The molecule has 0 unspecified atom stereocenters. The molecule has 0 aliphatic heterocycles. The van der Waals surface area contributed by atoms with E-state index < -0.39 is 0 Å². The Balaban J connectivity index is 2.24. The van der Waals surface area contributed by atoms with E-state index in [1.165, 1.54) is 0 Å². The third kappa shape index (κ3) is 2.90. The van der Waals surface area contributed by atoms with Gasteiger partial charge in [-0.25, -0.2) is 4.98 Å². The van der Waals surface area contributed by atoms with Crippen LogP contribution < -0.4 is 10.5 Å². The normalized spacial score (nSPS) is 10.2. The lowest BCUT2D eigenvalue weighted by atomic mass is 9.98. The highest BCUT2D eigenvalue weighted by Crippen LogP contribution is 2.35. The third-order valence-corrected chi connectivity index (χ3v) is 3.95. The SMILES string of the molecule is COc1ccccc1-c1cc(-c2ccc(Cl)cc2)c(C#N)c(N)n1. The number of anilines is 1. The second-order valence-electron chi connectivity index (χ2n) is 5.13. The number of rotatable bonds is 3. The van der Waals surface area contributed by atoms with Crippen molar-refractivity contribution in [3.05, 3.63) is 65.2 Å². The Kier molecular flexibility index (Phi) is 4.37. The number of hydrogen-bond acceptors (Lipinski definition) is 4. The number of para-hydroxylation sites is 1. The van der Waals surface area contributed by atoms with Gasteiger partial charge >= 0.3 is 0 Å². The molecule has 0 atom stereocenters. The number of benzene rings is 2. The van der Waals surface area contributed by atoms with Gasteiger partial charge < -0.3 is 10.5 Å². The maximum absolute atomic E-state index is 9.46. The zero-order valence-corrected chi connectivity index (χ0v) is 13.7. The summed E-state index contributed by atoms with van der Waals surface area (Å²) in [6, 6.07) is 18.8. The number of hydrogen-bond donors (Lipinski definition) is 1. The molecule has 0 saturated heterocycles. The second kappa shape index (κ2) is 6.61. The monoisotopic (exact) mass is 335 g/mol. The van der Waals surface area contributed by atoms with Gasteiger partial charge in [-0.2, -0.15) is 5.26 Å². The Morgan fingerprint density at radius 3 is 2.46 bits per heavy atom. The van der Waals surface area contributed by atoms with Gasteiger partial charge in [0.2, 0.25) is 0 Å². The first kappa shape index (κ1) is 15.9. The van der Waals surface area contributed by atoms with Crippen molar-refractivity contribution in [2.75, 3.05) is 12.8 Å². The second-order valence-corrected chi connectivity index (χ2v) is 5.57. The van der Waals surface area contributed by atoms with Crippen LogP contribution in [0, 0.1) is 11.3 Å². The van der Waals surface area contributed by atoms with E-state index in [1.807, 2.05) is 42.5 Å². The van der Waals surface area contributed by atoms with E-state index in [4.69, 9.17) is 22.1 Å². The molecule has 0 amide bonds. The largest absolute Gasteiger partial charge is 0.496 e. The van der Waals surface area contributed by atoms with Crippen molar-refractivity contribution in [3.63, 3.8) is 0 Å². The Morgan fingerprint density at radius 1 is 1.08 bits per heavy atom. The van der Waals surface area contributed by atoms with E-state index in [0.29, 0.717) is 27.6 Å². The molecule has 1 heterocycles. The smallest absolute Gasteiger partial charge is 0.142 e. The third-order valence-electron chi connectivity index (χ3n) is 3.70. The first-order valence-corrected chi connectivity index (χ1v) is 7.61. The van der Waals surface area contributed by atoms with Gasteiger partial charge in [-0.1, -0.05) is 35.9 Å². The van der Waals surface area contributed by atoms with Gasteiger partial charge in [0.25, 0.3) is 0 Å². The molecular formula is C19H14ClN3O. The number of methoxy groups -OCH3 is 1. The predicted molar refractivity (Wildman–Crippen MR) is 95.8 cm³/mol. The fraction of sp³-hybridized carbons (Fsp3) is 0.0526. The molecule has 0 bridgehead atoms. The molecule has 0 spiro atoms. The summed E-state index contributed by atoms with van der Waals surface area (Å²) in [7, 11) is 1.60. The van der Waals surface area contributed by atoms with Crippen LogP contribution in [-0.2, 0) is 0 Å². The van der Waals surface area contributed by atoms with Crippen molar-refractivity contribution >= 4 is 17.4 Å². The fourth-order valence-electron chi connectivity index (χ4n) is 2.53. The lowest BCUT2D eigenvalue weighted by Gasteiger charge is -2.12. The van der Waals surface area contributed by atoms with Gasteiger partial charge in [-0.15, -0.1) is 0 Å². The summed E-state index contributed by atoms with van der Waals surface area (Å²) in [4.78, 5) is 4.38. The Labute approximate surface area is 145 Å². The minimum Gasteiger partial charge on any atom is -0.496 e. The molecule has 3 rings (SSSR count). The zero-order valence-electron chi connectivity index (χ0n) is 13.0. The van der Waals surface area contributed by atoms with Crippen molar-refractivity contribution < 1.29 is 4.74 Å². The Hall–Kier alpha value is -3.03. The molecule has 118 valence electrons. The molecule has 4 nitrogen and oxygen atoms in total. The van der Waals surface area contributed by atoms with E-state index in [2.05, 4.69) is 11.1 Å². The van der Waals surface area contributed by atoms with E-state index in [1.54, 1.807) is 19.2 Å². The molecule has 2 aromatic carbocycles. The molecule has 0 radical (unpaired) electrons. The number of aromatic nitrogens is 1. The van der Waals surface area contributed by atoms with Crippen molar-refractivity contribution in [2.24, 2.45) is 0 Å². The number of nitrogen functional groups attached to an aromatic ring is 1. The average Bonchev–Trinajstić information content (AvgIpc) is 2.61. The van der Waals surface area contributed by atoms with E-state index in [0.717, 1.165) is 11.1 Å². The van der Waals surface area contributed by atoms with E-state index >= 15 is 0 Å². The van der Waals surface area contributed by atoms with Crippen LogP contribution in [0.5, 0.6) is 5.75 Å². The number of ether oxygens (including phenoxy) is 1. The summed E-state index contributed by atoms with van der Waals surface area (Å²) in [6.07, 6.45) is 0. The van der Waals surface area contributed by atoms with Crippen molar-refractivity contribution in [2.45, 2.75) is 0 Å². The first-order valence-electron chi connectivity index (χ1n) is 7.24. The van der Waals surface area contributed by atoms with Crippen LogP contribution in [0.3, 0.4) is 0 Å². The summed E-state index contributed by atoms with van der Waals surface area (Å²) < 4.78 is 5.39. The van der Waals surface area contributed by atoms with Crippen LogP contribution in [0.4, 0.5) is 5.82 Å². The average molecular weight is 336 g/mol. The molecule has 2 N–H and O–H groups in total. The number of nitrogens with two attached hydrogens (primary N) is 1. The van der Waals surface area contributed by atoms with E-state index in [9.17, 15) is 5.26 Å². The standard InChI is InChI=1S/C19H14ClN3O/c1-24-18-5-3-2-4-14(18)17-10-15(16(11-21)19(22)23-17)12-6-8-13(20)9-7-12/h2-10H,1H3,(H2,22,23). The minimum atomic E-state index is 0.186. The van der Waals surface area contributed by atoms with Crippen LogP contribution in [0.1, 0.15) is 5.56 Å². The molecule has 5 heteroatoms. The molecular weight excluding hydrogens is 322 g/mol. The van der Waals surface area contributed by atoms with Gasteiger partial charge in [0.1, 0.15) is 23.2 Å². The lowest BCUT2D eigenvalue weighted by molar-refractivity contribution is 0.416. The highest BCUT2D eigenvalue weighted by Gasteiger charge is 2.15. The summed E-state index contributed by atoms with van der Waals surface area (Å²) >= 11 is 5.95. The van der Waals surface area contributed by atoms with Crippen LogP contribution in [0.25, 0.3) is 22.4 Å². The van der Waals surface area contributed by atoms with Gasteiger partial charge in [0, 0.05) is 16.1 Å². The molecule has 3 aromatic rings. The number of pyridine rings is 1. The van der Waals surface area contributed by atoms with Crippen LogP contribution in [0.2, 0.25) is 5.02 Å². The maximum Gasteiger partial charge on any atom is 0.142 e. The van der Waals surface area contributed by atoms with E-state index in [-0.39, 0.29) is 5.82 Å². The molecule has 0 saturated carbocycles. The van der Waals surface area contributed by atoms with Crippen LogP contribution >= 0.6 is 11.6 Å². The maximum atomic E-state index is 9.46. The minimum absolute atomic E-state index is 0.186. The quantitative estimate of drug-likeness (QED) is 0.763. The summed E-state index contributed by atoms with van der Waals surface area (Å²) in [5.41, 5.74) is 9.39. The predicted octanol–water partition coefficient (Wildman–Crippen LogP) is 4.53. The number of halogens is 1. The first-order chi connectivity index (χ1) is 11.6. The molecule has 0 aliphatic rings.